The Hall–Kier alpha value is -1.96. The van der Waals surface area contributed by atoms with Gasteiger partial charge < -0.3 is 23.8 Å². The van der Waals surface area contributed by atoms with Crippen molar-refractivity contribution in [1.82, 2.24) is 9.88 Å². The Morgan fingerprint density at radius 3 is 2.66 bits per heavy atom. The third-order valence-corrected chi connectivity index (χ3v) is 6.25. The molecule has 1 saturated heterocycles. The van der Waals surface area contributed by atoms with Crippen molar-refractivity contribution in [2.45, 2.75) is 36.7 Å². The normalized spacial score (nSPS) is 18.0. The Kier molecular flexibility index (Phi) is 6.79. The van der Waals surface area contributed by atoms with Crippen LogP contribution in [0.4, 0.5) is 5.69 Å². The van der Waals surface area contributed by atoms with Crippen LogP contribution in [0.1, 0.15) is 24.1 Å². The summed E-state index contributed by atoms with van der Waals surface area (Å²) in [5.74, 6) is 1.56. The Morgan fingerprint density at radius 1 is 1.14 bits per heavy atom. The molecule has 0 radical (unpaired) electrons. The van der Waals surface area contributed by atoms with Gasteiger partial charge in [-0.3, -0.25) is 0 Å². The van der Waals surface area contributed by atoms with Gasteiger partial charge in [0.15, 0.2) is 0 Å². The molecule has 0 saturated carbocycles. The summed E-state index contributed by atoms with van der Waals surface area (Å²) < 4.78 is 20.4. The third kappa shape index (κ3) is 5.35. The van der Waals surface area contributed by atoms with E-state index in [1.807, 2.05) is 12.1 Å². The van der Waals surface area contributed by atoms with Gasteiger partial charge >= 0.3 is 0 Å². The van der Waals surface area contributed by atoms with Crippen LogP contribution in [0.25, 0.3) is 0 Å². The molecule has 1 aromatic carbocycles. The third-order valence-electron chi connectivity index (χ3n) is 5.42. The standard InChI is InChI=1S/C22H29N3O3S/c1-25-11-7-16-15-21(22(26-2)23-20(16)8-12-25)24-29-19-5-3-17(4-6-19)28-18-9-13-27-14-10-18/h3-6,15,18,24H,7-14H2,1-2H3. The molecule has 0 aliphatic carbocycles. The molecule has 1 aromatic heterocycles. The van der Waals surface area contributed by atoms with Gasteiger partial charge in [0.2, 0.25) is 5.88 Å². The quantitative estimate of drug-likeness (QED) is 0.720. The number of nitrogens with one attached hydrogen (secondary N) is 1. The van der Waals surface area contributed by atoms with Gasteiger partial charge in [0.1, 0.15) is 17.5 Å². The first-order valence-electron chi connectivity index (χ1n) is 10.2. The highest BCUT2D eigenvalue weighted by Crippen LogP contribution is 2.32. The predicted molar refractivity (Wildman–Crippen MR) is 116 cm³/mol. The van der Waals surface area contributed by atoms with Crippen LogP contribution in [-0.2, 0) is 17.6 Å². The van der Waals surface area contributed by atoms with Crippen LogP contribution < -0.4 is 14.2 Å². The smallest absolute Gasteiger partial charge is 0.238 e. The van der Waals surface area contributed by atoms with E-state index in [-0.39, 0.29) is 6.10 Å². The van der Waals surface area contributed by atoms with Crippen LogP contribution in [0.3, 0.4) is 0 Å². The second-order valence-corrected chi connectivity index (χ2v) is 8.44. The van der Waals surface area contributed by atoms with E-state index < -0.39 is 0 Å². The van der Waals surface area contributed by atoms with Crippen molar-refractivity contribution >= 4 is 17.6 Å². The number of fused-ring (bicyclic) bond motifs is 1. The number of hydrogen-bond acceptors (Lipinski definition) is 7. The van der Waals surface area contributed by atoms with E-state index in [2.05, 4.69) is 34.9 Å². The summed E-state index contributed by atoms with van der Waals surface area (Å²) in [7, 11) is 3.84. The van der Waals surface area contributed by atoms with Crippen LogP contribution in [0, 0.1) is 0 Å². The molecule has 1 N–H and O–H groups in total. The summed E-state index contributed by atoms with van der Waals surface area (Å²) in [6.07, 6.45) is 4.15. The lowest BCUT2D eigenvalue weighted by Crippen LogP contribution is -2.25. The number of benzene rings is 1. The zero-order chi connectivity index (χ0) is 20.1. The highest BCUT2D eigenvalue weighted by atomic mass is 32.2. The summed E-state index contributed by atoms with van der Waals surface area (Å²) in [5, 5.41) is 0. The highest BCUT2D eigenvalue weighted by Gasteiger charge is 2.17. The number of rotatable bonds is 6. The van der Waals surface area contributed by atoms with E-state index in [4.69, 9.17) is 19.2 Å². The molecule has 7 heteroatoms. The minimum atomic E-state index is 0.259. The van der Waals surface area contributed by atoms with Crippen LogP contribution in [0.2, 0.25) is 0 Å². The van der Waals surface area contributed by atoms with Crippen molar-refractivity contribution < 1.29 is 14.2 Å². The molecule has 29 heavy (non-hydrogen) atoms. The fourth-order valence-corrected chi connectivity index (χ4v) is 4.29. The van der Waals surface area contributed by atoms with Gasteiger partial charge in [0.25, 0.3) is 0 Å². The molecule has 2 aliphatic heterocycles. The number of ether oxygens (including phenoxy) is 3. The lowest BCUT2D eigenvalue weighted by atomic mass is 10.1. The fraction of sp³-hybridized carbons (Fsp3) is 0.500. The zero-order valence-electron chi connectivity index (χ0n) is 17.1. The van der Waals surface area contributed by atoms with E-state index in [1.165, 1.54) is 5.56 Å². The molecule has 0 unspecified atom stereocenters. The number of anilines is 1. The lowest BCUT2D eigenvalue weighted by Gasteiger charge is -2.23. The number of pyridine rings is 1. The Labute approximate surface area is 177 Å². The first kappa shape index (κ1) is 20.3. The summed E-state index contributed by atoms with van der Waals surface area (Å²) in [5.41, 5.74) is 3.37. The van der Waals surface area contributed by atoms with E-state index in [1.54, 1.807) is 19.1 Å². The van der Waals surface area contributed by atoms with Crippen molar-refractivity contribution in [3.05, 3.63) is 41.6 Å². The van der Waals surface area contributed by atoms with Crippen molar-refractivity contribution in [1.29, 1.82) is 0 Å². The lowest BCUT2D eigenvalue weighted by molar-refractivity contribution is 0.0255. The van der Waals surface area contributed by atoms with Gasteiger partial charge in [-0.2, -0.15) is 0 Å². The van der Waals surface area contributed by atoms with E-state index in [0.29, 0.717) is 5.88 Å². The van der Waals surface area contributed by atoms with Crippen LogP contribution >= 0.6 is 11.9 Å². The SMILES string of the molecule is COc1nc2c(cc1NSc1ccc(OC3CCOCC3)cc1)CCN(C)CC2. The fourth-order valence-electron chi connectivity index (χ4n) is 3.64. The van der Waals surface area contributed by atoms with Crippen LogP contribution in [-0.4, -0.2) is 56.4 Å². The number of methoxy groups -OCH3 is 1. The first-order valence-corrected chi connectivity index (χ1v) is 11.1. The average Bonchev–Trinajstić information content (AvgIpc) is 2.94. The molecular weight excluding hydrogens is 386 g/mol. The zero-order valence-corrected chi connectivity index (χ0v) is 18.0. The highest BCUT2D eigenvalue weighted by molar-refractivity contribution is 8.00. The summed E-state index contributed by atoms with van der Waals surface area (Å²) in [6, 6.07) is 10.4. The van der Waals surface area contributed by atoms with Crippen LogP contribution in [0.15, 0.2) is 35.2 Å². The largest absolute Gasteiger partial charge is 0.490 e. The number of nitrogens with zero attached hydrogens (tertiary/aromatic N) is 2. The van der Waals surface area contributed by atoms with Crippen molar-refractivity contribution in [3.8, 4) is 11.6 Å². The maximum atomic E-state index is 6.05. The molecule has 2 aliphatic rings. The summed E-state index contributed by atoms with van der Waals surface area (Å²) in [6.45, 7) is 3.67. The number of aromatic nitrogens is 1. The van der Waals surface area contributed by atoms with Crippen molar-refractivity contribution in [3.63, 3.8) is 0 Å². The van der Waals surface area contributed by atoms with E-state index in [0.717, 1.165) is 74.0 Å². The minimum absolute atomic E-state index is 0.259. The van der Waals surface area contributed by atoms with Gasteiger partial charge in [-0.25, -0.2) is 4.98 Å². The molecule has 3 heterocycles. The monoisotopic (exact) mass is 415 g/mol. The molecule has 4 rings (SSSR count). The predicted octanol–water partition coefficient (Wildman–Crippen LogP) is 3.80. The molecule has 0 bridgehead atoms. The van der Waals surface area contributed by atoms with Gasteiger partial charge in [0.05, 0.1) is 20.3 Å². The molecule has 0 spiro atoms. The molecule has 156 valence electrons. The van der Waals surface area contributed by atoms with Crippen LogP contribution in [0.5, 0.6) is 11.6 Å². The molecular formula is C22H29N3O3S. The maximum Gasteiger partial charge on any atom is 0.238 e. The Balaban J connectivity index is 1.39. The summed E-state index contributed by atoms with van der Waals surface area (Å²) in [4.78, 5) is 8.22. The first-order chi connectivity index (χ1) is 14.2. The molecule has 1 fully saturated rings. The van der Waals surface area contributed by atoms with E-state index in [9.17, 15) is 0 Å². The second kappa shape index (κ2) is 9.69. The summed E-state index contributed by atoms with van der Waals surface area (Å²) >= 11 is 1.56. The second-order valence-electron chi connectivity index (χ2n) is 7.56. The minimum Gasteiger partial charge on any atom is -0.490 e. The average molecular weight is 416 g/mol. The van der Waals surface area contributed by atoms with Crippen molar-refractivity contribution in [2.75, 3.05) is 45.2 Å². The maximum absolute atomic E-state index is 6.05. The van der Waals surface area contributed by atoms with Gasteiger partial charge in [-0.05, 0) is 61.3 Å². The Bertz CT molecular complexity index is 810. The number of hydrogen-bond donors (Lipinski definition) is 1. The topological polar surface area (TPSA) is 55.9 Å². The van der Waals surface area contributed by atoms with Gasteiger partial charge in [-0.15, -0.1) is 0 Å². The molecule has 2 aromatic rings. The van der Waals surface area contributed by atoms with Crippen molar-refractivity contribution in [2.24, 2.45) is 0 Å². The molecule has 6 nitrogen and oxygen atoms in total. The Morgan fingerprint density at radius 2 is 1.90 bits per heavy atom. The van der Waals surface area contributed by atoms with Gasteiger partial charge in [0, 0.05) is 42.9 Å². The van der Waals surface area contributed by atoms with E-state index >= 15 is 0 Å². The molecule has 0 atom stereocenters. The molecule has 0 amide bonds. The van der Waals surface area contributed by atoms with Gasteiger partial charge in [-0.1, -0.05) is 0 Å². The number of likely N-dealkylation sites (N-methyl/N-ethyl adjacent to an activating group) is 1.